The van der Waals surface area contributed by atoms with Gasteiger partial charge in [0.25, 0.3) is 0 Å². The lowest BCUT2D eigenvalue weighted by Crippen LogP contribution is -2.01. The maximum absolute atomic E-state index is 12.4. The molecule has 0 aliphatic carbocycles. The van der Waals surface area contributed by atoms with Crippen molar-refractivity contribution in [3.05, 3.63) is 83.9 Å². The third-order valence-electron chi connectivity index (χ3n) is 2.95. The topological polar surface area (TPSA) is 17.1 Å². The van der Waals surface area contributed by atoms with E-state index in [4.69, 9.17) is 0 Å². The van der Waals surface area contributed by atoms with Crippen molar-refractivity contribution in [2.24, 2.45) is 0 Å². The van der Waals surface area contributed by atoms with Crippen molar-refractivity contribution < 1.29 is 4.79 Å². The average Bonchev–Trinajstić information content (AvgIpc) is 2.47. The molecule has 3 aromatic carbocycles. The van der Waals surface area contributed by atoms with Crippen molar-refractivity contribution in [2.45, 2.75) is 0 Å². The Morgan fingerprint density at radius 1 is 0.889 bits per heavy atom. The molecule has 3 aromatic rings. The minimum Gasteiger partial charge on any atom is -0.289 e. The first-order chi connectivity index (χ1) is 8.86. The number of ketones is 1. The third kappa shape index (κ3) is 1.74. The van der Waals surface area contributed by atoms with Crippen LogP contribution in [0.25, 0.3) is 10.8 Å². The first-order valence-corrected chi connectivity index (χ1v) is 5.76. The van der Waals surface area contributed by atoms with E-state index in [-0.39, 0.29) is 5.78 Å². The molecule has 0 atom stereocenters. The van der Waals surface area contributed by atoms with Crippen LogP contribution >= 0.6 is 0 Å². The molecular weight excluding hydrogens is 220 g/mol. The monoisotopic (exact) mass is 230 g/mol. The Morgan fingerprint density at radius 2 is 1.72 bits per heavy atom. The quantitative estimate of drug-likeness (QED) is 0.614. The van der Waals surface area contributed by atoms with Crippen molar-refractivity contribution in [2.75, 3.05) is 0 Å². The maximum atomic E-state index is 12.4. The zero-order valence-electron chi connectivity index (χ0n) is 9.68. The molecule has 0 saturated carbocycles. The smallest absolute Gasteiger partial charge is 0.194 e. The molecule has 0 spiro atoms. The lowest BCUT2D eigenvalue weighted by molar-refractivity contribution is 0.104. The van der Waals surface area contributed by atoms with Crippen LogP contribution < -0.4 is 0 Å². The highest BCUT2D eigenvalue weighted by Gasteiger charge is 2.11. The van der Waals surface area contributed by atoms with E-state index < -0.39 is 0 Å². The van der Waals surface area contributed by atoms with Crippen LogP contribution in [0.2, 0.25) is 0 Å². The van der Waals surface area contributed by atoms with Crippen LogP contribution in [0.5, 0.6) is 0 Å². The summed E-state index contributed by atoms with van der Waals surface area (Å²) in [6.07, 6.45) is 0. The molecule has 0 aromatic heterocycles. The Balaban J connectivity index is 2.18. The molecule has 0 saturated heterocycles. The summed E-state index contributed by atoms with van der Waals surface area (Å²) in [4.78, 5) is 12.4. The predicted octanol–water partition coefficient (Wildman–Crippen LogP) is 3.67. The van der Waals surface area contributed by atoms with Gasteiger partial charge in [-0.05, 0) is 29.0 Å². The van der Waals surface area contributed by atoms with Gasteiger partial charge in [-0.25, -0.2) is 0 Å². The van der Waals surface area contributed by atoms with Crippen molar-refractivity contribution in [1.82, 2.24) is 0 Å². The predicted molar refractivity (Wildman–Crippen MR) is 71.5 cm³/mol. The van der Waals surface area contributed by atoms with Gasteiger partial charge in [0.05, 0.1) is 0 Å². The fraction of sp³-hybridized carbons (Fsp3) is 0. The van der Waals surface area contributed by atoms with E-state index in [0.29, 0.717) is 5.56 Å². The molecular formula is C17H10O. The Kier molecular flexibility index (Phi) is 2.55. The van der Waals surface area contributed by atoms with Gasteiger partial charge in [-0.15, -0.1) is 0 Å². The minimum atomic E-state index is 0.0250. The van der Waals surface area contributed by atoms with Gasteiger partial charge in [-0.1, -0.05) is 54.6 Å². The van der Waals surface area contributed by atoms with E-state index in [1.807, 2.05) is 42.5 Å². The maximum Gasteiger partial charge on any atom is 0.194 e. The van der Waals surface area contributed by atoms with E-state index in [1.54, 1.807) is 18.2 Å². The van der Waals surface area contributed by atoms with Crippen LogP contribution in [0.4, 0.5) is 0 Å². The number of hydrogen-bond acceptors (Lipinski definition) is 1. The minimum absolute atomic E-state index is 0.0250. The normalized spacial score (nSPS) is 10.0. The highest BCUT2D eigenvalue weighted by Crippen LogP contribution is 2.20. The van der Waals surface area contributed by atoms with Crippen molar-refractivity contribution in [3.63, 3.8) is 0 Å². The highest BCUT2D eigenvalue weighted by atomic mass is 16.1. The van der Waals surface area contributed by atoms with Crippen molar-refractivity contribution in [3.8, 4) is 0 Å². The lowest BCUT2D eigenvalue weighted by Gasteiger charge is -2.04. The average molecular weight is 230 g/mol. The highest BCUT2D eigenvalue weighted by molar-refractivity contribution is 6.16. The van der Waals surface area contributed by atoms with Crippen LogP contribution in [-0.4, -0.2) is 5.78 Å². The van der Waals surface area contributed by atoms with Gasteiger partial charge in [-0.3, -0.25) is 4.79 Å². The van der Waals surface area contributed by atoms with Gasteiger partial charge in [-0.2, -0.15) is 0 Å². The molecule has 1 nitrogen and oxygen atoms in total. The Labute approximate surface area is 106 Å². The SMILES string of the molecule is O=C(c1cc#ccc1)c1cccc2ccccc12. The number of carbonyl (C=O) groups excluding carboxylic acids is 1. The molecule has 0 amide bonds. The molecule has 0 radical (unpaired) electrons. The molecule has 18 heavy (non-hydrogen) atoms. The summed E-state index contributed by atoms with van der Waals surface area (Å²) in [5.74, 6) is 0.0250. The summed E-state index contributed by atoms with van der Waals surface area (Å²) < 4.78 is 0. The summed E-state index contributed by atoms with van der Waals surface area (Å²) in [6.45, 7) is 0. The molecule has 0 N–H and O–H groups in total. The molecule has 84 valence electrons. The summed E-state index contributed by atoms with van der Waals surface area (Å²) in [5.41, 5.74) is 1.37. The van der Waals surface area contributed by atoms with Gasteiger partial charge < -0.3 is 0 Å². The molecule has 3 rings (SSSR count). The van der Waals surface area contributed by atoms with Crippen LogP contribution in [-0.2, 0) is 0 Å². The van der Waals surface area contributed by atoms with E-state index in [1.165, 1.54) is 0 Å². The van der Waals surface area contributed by atoms with Crippen LogP contribution in [0.3, 0.4) is 0 Å². The van der Waals surface area contributed by atoms with E-state index >= 15 is 0 Å². The number of rotatable bonds is 2. The fourth-order valence-corrected chi connectivity index (χ4v) is 2.07. The third-order valence-corrected chi connectivity index (χ3v) is 2.95. The fourth-order valence-electron chi connectivity index (χ4n) is 2.07. The molecule has 0 heterocycles. The molecule has 0 aliphatic rings. The van der Waals surface area contributed by atoms with Gasteiger partial charge in [0.1, 0.15) is 0 Å². The number of fused-ring (bicyclic) bond motifs is 1. The summed E-state index contributed by atoms with van der Waals surface area (Å²) in [7, 11) is 0. The van der Waals surface area contributed by atoms with Gasteiger partial charge in [0, 0.05) is 11.1 Å². The summed E-state index contributed by atoms with van der Waals surface area (Å²) >= 11 is 0. The lowest BCUT2D eigenvalue weighted by atomic mass is 9.98. The van der Waals surface area contributed by atoms with Crippen molar-refractivity contribution in [1.29, 1.82) is 0 Å². The second kappa shape index (κ2) is 4.35. The Morgan fingerprint density at radius 3 is 2.56 bits per heavy atom. The standard InChI is InChI=1S/C17H10O/c18-17(14-8-2-1-3-9-14)16-12-6-10-13-7-4-5-11-15(13)16/h2,4-12H. The van der Waals surface area contributed by atoms with Gasteiger partial charge in [0.2, 0.25) is 0 Å². The van der Waals surface area contributed by atoms with Crippen LogP contribution in [0.15, 0.2) is 60.7 Å². The molecule has 0 aliphatic heterocycles. The molecule has 0 unspecified atom stereocenters. The first-order valence-electron chi connectivity index (χ1n) is 5.76. The van der Waals surface area contributed by atoms with Gasteiger partial charge in [0.15, 0.2) is 5.78 Å². The largest absolute Gasteiger partial charge is 0.289 e. The van der Waals surface area contributed by atoms with Crippen molar-refractivity contribution >= 4 is 16.6 Å². The van der Waals surface area contributed by atoms with E-state index in [2.05, 4.69) is 12.1 Å². The number of hydrogen-bond donors (Lipinski definition) is 0. The van der Waals surface area contributed by atoms with Crippen LogP contribution in [0, 0.1) is 12.1 Å². The molecule has 1 heteroatoms. The van der Waals surface area contributed by atoms with E-state index in [9.17, 15) is 4.79 Å². The molecule has 0 bridgehead atoms. The second-order valence-corrected chi connectivity index (χ2v) is 4.08. The summed E-state index contributed by atoms with van der Waals surface area (Å²) in [5, 5.41) is 2.06. The number of carbonyl (C=O) groups is 1. The molecule has 0 fully saturated rings. The number of benzene rings is 2. The second-order valence-electron chi connectivity index (χ2n) is 4.08. The first kappa shape index (κ1) is 10.6. The van der Waals surface area contributed by atoms with Crippen LogP contribution in [0.1, 0.15) is 15.9 Å². The Bertz CT molecular complexity index is 694. The van der Waals surface area contributed by atoms with E-state index in [0.717, 1.165) is 16.3 Å². The van der Waals surface area contributed by atoms with Gasteiger partial charge >= 0.3 is 0 Å². The zero-order chi connectivity index (χ0) is 12.4. The Hall–Kier alpha value is -2.59. The zero-order valence-corrected chi connectivity index (χ0v) is 9.68. The summed E-state index contributed by atoms with van der Waals surface area (Å²) in [6, 6.07) is 24.4.